The van der Waals surface area contributed by atoms with Crippen LogP contribution in [-0.2, 0) is 19.2 Å². The van der Waals surface area contributed by atoms with E-state index in [1.807, 2.05) is 134 Å². The highest BCUT2D eigenvalue weighted by Gasteiger charge is 2.40. The molecule has 3 aromatic carbocycles. The van der Waals surface area contributed by atoms with Crippen LogP contribution in [0.5, 0.6) is 0 Å². The zero-order chi connectivity index (χ0) is 102. The molecule has 2 atom stereocenters. The van der Waals surface area contributed by atoms with E-state index in [1.165, 1.54) is 31.9 Å². The number of Topliss-reactive ketones (excluding diaryl/α,β-unsaturated/α-hetero) is 1. The molecule has 0 bridgehead atoms. The second kappa shape index (κ2) is 47.5. The molecule has 17 aromatic rings. The molecule has 776 valence electrons. The molecule has 4 aliphatic rings. The van der Waals surface area contributed by atoms with Gasteiger partial charge in [0.2, 0.25) is 11.8 Å². The quantitative estimate of drug-likeness (QED) is 0.0212. The van der Waals surface area contributed by atoms with E-state index in [0.29, 0.717) is 189 Å². The summed E-state index contributed by atoms with van der Waals surface area (Å²) in [6.45, 7) is 6.74. The maximum absolute atomic E-state index is 12.9. The van der Waals surface area contributed by atoms with Gasteiger partial charge in [0.05, 0.1) is 99.8 Å². The first-order chi connectivity index (χ1) is 70.9. The topological polar surface area (TPSA) is 563 Å². The lowest BCUT2D eigenvalue weighted by molar-refractivity contribution is -0.147. The molecule has 0 saturated carbocycles. The summed E-state index contributed by atoms with van der Waals surface area (Å²) in [4.78, 5) is 143. The Hall–Kier alpha value is -17.3. The number of carbonyl (C=O) groups excluding carboxylic acids is 8. The number of aliphatic hydroxyl groups excluding tert-OH is 5. The van der Waals surface area contributed by atoms with Crippen LogP contribution in [0.25, 0.3) is 101 Å². The Bertz CT molecular complexity index is 7610. The third-order valence-corrected chi connectivity index (χ3v) is 27.4. The molecule has 0 aliphatic carbocycles. The molecule has 0 radical (unpaired) electrons. The number of anilines is 4. The largest absolute Gasteiger partial charge is 0.395 e. The fourth-order valence-electron chi connectivity index (χ4n) is 19.2. The first kappa shape index (κ1) is 108. The van der Waals surface area contributed by atoms with Crippen molar-refractivity contribution in [3.8, 4) is 78.7 Å². The molecule has 41 nitrogen and oxygen atoms in total. The van der Waals surface area contributed by atoms with Gasteiger partial charge in [-0.15, -0.1) is 0 Å². The van der Waals surface area contributed by atoms with Crippen molar-refractivity contribution in [1.82, 2.24) is 117 Å². The van der Waals surface area contributed by atoms with Gasteiger partial charge in [-0.25, -0.2) is 39.3 Å². The zero-order valence-electron chi connectivity index (χ0n) is 80.0. The number of nitrogen functional groups attached to an aromatic ring is 4. The number of fused-ring (bicyclic) bond motifs is 4. The Morgan fingerprint density at radius 3 is 1.03 bits per heavy atom. The number of nitrogens with zero attached hydrogens (tertiary/aromatic N) is 24. The lowest BCUT2D eigenvalue weighted by Gasteiger charge is -2.37. The number of hydrogen-bond donors (Lipinski definition) is 9. The Labute approximate surface area is 864 Å². The molecule has 4 aliphatic heterocycles. The van der Waals surface area contributed by atoms with Crippen molar-refractivity contribution in [3.05, 3.63) is 277 Å². The van der Waals surface area contributed by atoms with Crippen LogP contribution in [0.15, 0.2) is 226 Å². The molecule has 18 heterocycles. The fourth-order valence-corrected chi connectivity index (χ4v) is 19.2. The van der Waals surface area contributed by atoms with Crippen molar-refractivity contribution >= 4 is 94.1 Å². The second-order valence-electron chi connectivity index (χ2n) is 36.5. The monoisotopic (exact) mass is 2030 g/mol. The first-order valence-corrected chi connectivity index (χ1v) is 47.8. The van der Waals surface area contributed by atoms with Gasteiger partial charge in [-0.1, -0.05) is 133 Å². The third kappa shape index (κ3) is 21.9. The molecule has 21 rings (SSSR count). The van der Waals surface area contributed by atoms with Crippen molar-refractivity contribution in [2.75, 3.05) is 95.1 Å². The number of nitrogens with two attached hydrogens (primary N) is 4. The van der Waals surface area contributed by atoms with E-state index in [4.69, 9.17) is 48.0 Å². The van der Waals surface area contributed by atoms with Crippen LogP contribution in [-0.4, -0.2) is 270 Å². The molecule has 4 amide bonds. The highest BCUT2D eigenvalue weighted by Crippen LogP contribution is 2.42. The van der Waals surface area contributed by atoms with E-state index in [9.17, 15) is 58.8 Å². The summed E-state index contributed by atoms with van der Waals surface area (Å²) >= 11 is 0. The molecular weight excluding hydrogens is 1910 g/mol. The number of rotatable bonds is 23. The molecule has 150 heavy (non-hydrogen) atoms. The number of likely N-dealkylation sites (tertiary alicyclic amines) is 4. The normalized spacial score (nSPS) is 14.5. The smallest absolute Gasteiger partial charge is 0.256 e. The van der Waals surface area contributed by atoms with Crippen LogP contribution in [0, 0.1) is 5.41 Å². The van der Waals surface area contributed by atoms with Crippen LogP contribution in [0.3, 0.4) is 0 Å². The van der Waals surface area contributed by atoms with Gasteiger partial charge in [-0.3, -0.25) is 48.3 Å². The number of aromatic nitrogens is 20. The lowest BCUT2D eigenvalue weighted by Crippen LogP contribution is -2.49. The number of aldehydes is 3. The van der Waals surface area contributed by atoms with E-state index in [2.05, 4.69) is 50.5 Å². The summed E-state index contributed by atoms with van der Waals surface area (Å²) in [6, 6.07) is 47.8. The van der Waals surface area contributed by atoms with E-state index >= 15 is 0 Å². The SMILES string of the molecule is C.C.C.C.CC(=O)c1c(C2CCN(C(=O)[C@@H](C)O)CC2)nc2c(-c3ccc(-n4cccn4)nc3)cnn2c1N.CC(CO)(CO)C(=O)N1CCC(c2nc3c(-c4ccc(-n5cccn5)nc4)cnn3c(N)c2C=O)CC1.Nc1c(C=O)c(C2CCN(C(=O)CO)CC2)nc2c(-c3ccc(-c4ccccc4)nc3)cnn12.Nc1c(C=O)c(C2CCN(C(=O)[C@H](O)c3ccccc3)CC2)nc2c(-c3ccc(-c4ccccc4)nc3)cnn12. The molecular formula is C109H122N28O13. The number of aliphatic hydroxyl groups is 5. The van der Waals surface area contributed by atoms with Gasteiger partial charge >= 0.3 is 0 Å². The van der Waals surface area contributed by atoms with Gasteiger partial charge in [0.1, 0.15) is 36.0 Å². The zero-order valence-corrected chi connectivity index (χ0v) is 80.0. The highest BCUT2D eigenvalue weighted by molar-refractivity contribution is 6.01. The van der Waals surface area contributed by atoms with Gasteiger partial charge in [-0.2, -0.15) is 48.7 Å². The van der Waals surface area contributed by atoms with Crippen LogP contribution in [0.4, 0.5) is 23.3 Å². The number of benzene rings is 3. The summed E-state index contributed by atoms with van der Waals surface area (Å²) in [7, 11) is 0. The van der Waals surface area contributed by atoms with Crippen LogP contribution in [0.2, 0.25) is 0 Å². The minimum Gasteiger partial charge on any atom is -0.395 e. The number of piperidine rings is 4. The van der Waals surface area contributed by atoms with E-state index in [0.717, 1.165) is 79.6 Å². The Morgan fingerprint density at radius 1 is 0.387 bits per heavy atom. The fraction of sp³-hybridized carbons (Fsp3) is 0.303. The van der Waals surface area contributed by atoms with Crippen molar-refractivity contribution < 1.29 is 63.9 Å². The van der Waals surface area contributed by atoms with E-state index in [1.54, 1.807) is 128 Å². The van der Waals surface area contributed by atoms with Crippen LogP contribution >= 0.6 is 0 Å². The van der Waals surface area contributed by atoms with Gasteiger partial charge in [0.15, 0.2) is 65.0 Å². The summed E-state index contributed by atoms with van der Waals surface area (Å²) in [5.74, 6) is 0.618. The predicted octanol–water partition coefficient (Wildman–Crippen LogP) is 12.3. The molecule has 0 unspecified atom stereocenters. The van der Waals surface area contributed by atoms with E-state index < -0.39 is 37.4 Å². The molecule has 4 fully saturated rings. The van der Waals surface area contributed by atoms with Crippen LogP contribution < -0.4 is 22.9 Å². The van der Waals surface area contributed by atoms with Crippen molar-refractivity contribution in [2.45, 2.75) is 138 Å². The van der Waals surface area contributed by atoms with Gasteiger partial charge in [-0.05, 0) is 126 Å². The maximum Gasteiger partial charge on any atom is 0.256 e. The molecule has 4 saturated heterocycles. The lowest BCUT2D eigenvalue weighted by atomic mass is 9.87. The highest BCUT2D eigenvalue weighted by atomic mass is 16.3. The minimum absolute atomic E-state index is 0. The number of carbonyl (C=O) groups is 8. The third-order valence-electron chi connectivity index (χ3n) is 27.4. The van der Waals surface area contributed by atoms with Crippen molar-refractivity contribution in [2.24, 2.45) is 5.41 Å². The summed E-state index contributed by atoms with van der Waals surface area (Å²) in [5, 5.41) is 74.5. The van der Waals surface area contributed by atoms with E-state index in [-0.39, 0.29) is 112 Å². The number of pyridine rings is 4. The van der Waals surface area contributed by atoms with Gasteiger partial charge < -0.3 is 68.1 Å². The molecule has 41 heteroatoms. The Kier molecular flexibility index (Phi) is 34.3. The first-order valence-electron chi connectivity index (χ1n) is 47.8. The Balaban J connectivity index is 0.000000156. The minimum atomic E-state index is -1.23. The average molecular weight is 2030 g/mol. The summed E-state index contributed by atoms with van der Waals surface area (Å²) < 4.78 is 9.24. The standard InChI is InChI=1S/C31H28N6O3.C25H28N8O4.C25H24N6O3.C24H26N8O3.4CH4/c32-29-25(19-38)27(21-13-15-36(16-14-21)31(40)28(39)22-9-5-2-6-10-22)35-30-24(18-34-37(29)30)23-11-12-26(33-17-23)20-7-3-1-4-8-20;1-25(14-35,15-36)24(37)31-9-5-16(6-10-31)21-19(13-34)22(26)33-23(30-21)18(12-29-33)17-3-4-20(27-11-17)32-8-2-7-28-32;26-24-20(14-32)23(17-8-10-30(11-9-17)22(34)15-33)29-25-19(13-28-31(24)25)18-6-7-21(27-12-18)16-4-2-1-3-5-16;1-14(33)20-21(16-6-10-30(11-7-16)24(35)15(2)34)29-23-18(13-28-32(23)22(20)25)17-4-5-19(26-12-17)31-9-3-8-27-31;;;;/h1-12,17-19,21,28,39H,13-16,32H2;2-4,7-8,11-13,16,35-36H,5-6,9-10,14-15,26H2,1H3;1-7,12-14,17,33H,8-11,15,26H2;3-5,8-9,12-13,15-16,34H,6-7,10-11,25H2,1-2H3;4*1H4/t28-;;;15-;;;;/m1..1..../s1. The number of ketones is 1. The average Bonchev–Trinajstić information content (AvgIpc) is 1.60. The van der Waals surface area contributed by atoms with Crippen molar-refractivity contribution in [3.63, 3.8) is 0 Å². The summed E-state index contributed by atoms with van der Waals surface area (Å²) in [6.07, 6.45) is 25.4. The van der Waals surface area contributed by atoms with Gasteiger partial charge in [0.25, 0.3) is 11.8 Å². The summed E-state index contributed by atoms with van der Waals surface area (Å²) in [5.41, 5.74) is 40.8. The second-order valence-corrected chi connectivity index (χ2v) is 36.5. The number of hydrogen-bond acceptors (Lipinski definition) is 31. The van der Waals surface area contributed by atoms with Crippen LogP contribution in [0.1, 0.15) is 201 Å². The van der Waals surface area contributed by atoms with Gasteiger partial charge in [0, 0.05) is 181 Å². The molecule has 13 N–H and O–H groups in total. The number of amides is 4. The molecule has 0 spiro atoms. The van der Waals surface area contributed by atoms with Crippen molar-refractivity contribution in [1.29, 1.82) is 0 Å². The molecule has 14 aromatic heterocycles. The predicted molar refractivity (Wildman–Crippen MR) is 567 cm³/mol. The Morgan fingerprint density at radius 2 is 0.713 bits per heavy atom. The maximum atomic E-state index is 12.9.